The van der Waals surface area contributed by atoms with Crippen LogP contribution in [0.15, 0.2) is 73.1 Å². The Morgan fingerprint density at radius 2 is 1.73 bits per heavy atom. The molecular weight excluding hydrogens is 342 g/mol. The van der Waals surface area contributed by atoms with Crippen LogP contribution < -0.4 is 5.32 Å². The minimum Gasteiger partial charge on any atom is -0.353 e. The number of hydrogen-bond acceptors (Lipinski definition) is 5. The van der Waals surface area contributed by atoms with Gasteiger partial charge < -0.3 is 9.88 Å². The largest absolute Gasteiger partial charge is 0.353 e. The van der Waals surface area contributed by atoms with E-state index in [-0.39, 0.29) is 0 Å². The maximum atomic E-state index is 4.56. The van der Waals surface area contributed by atoms with Crippen LogP contribution in [0.4, 0.5) is 5.13 Å². The van der Waals surface area contributed by atoms with E-state index in [9.17, 15) is 0 Å². The van der Waals surface area contributed by atoms with Crippen LogP contribution in [0, 0.1) is 0 Å². The summed E-state index contributed by atoms with van der Waals surface area (Å²) in [5.74, 6) is 1.75. The Kier molecular flexibility index (Phi) is 5.02. The lowest BCUT2D eigenvalue weighted by Crippen LogP contribution is -2.10. The number of aromatic nitrogens is 4. The summed E-state index contributed by atoms with van der Waals surface area (Å²) in [5.41, 5.74) is 2.36. The predicted octanol–water partition coefficient (Wildman–Crippen LogP) is 4.26. The van der Waals surface area contributed by atoms with Crippen molar-refractivity contribution in [3.63, 3.8) is 0 Å². The molecule has 26 heavy (non-hydrogen) atoms. The lowest BCUT2D eigenvalue weighted by molar-refractivity contribution is 0.658. The molecule has 2 aromatic heterocycles. The van der Waals surface area contributed by atoms with Gasteiger partial charge in [-0.25, -0.2) is 4.98 Å². The van der Waals surface area contributed by atoms with Crippen molar-refractivity contribution >= 4 is 16.7 Å². The standard InChI is InChI=1S/C20H19N5S/c1-3-7-16(8-4-1)11-13-25-14-12-21-18(25)15-22-20-23-19(24-26-20)17-9-5-2-6-10-17/h1-10,12,14H,11,13,15H2,(H,22,23,24). The van der Waals surface area contributed by atoms with Crippen molar-refractivity contribution < 1.29 is 0 Å². The maximum absolute atomic E-state index is 4.56. The van der Waals surface area contributed by atoms with E-state index in [0.29, 0.717) is 6.54 Å². The van der Waals surface area contributed by atoms with Crippen molar-refractivity contribution in [1.29, 1.82) is 0 Å². The lowest BCUT2D eigenvalue weighted by Gasteiger charge is -2.08. The Hall–Kier alpha value is -2.99. The minimum absolute atomic E-state index is 0.630. The van der Waals surface area contributed by atoms with Gasteiger partial charge in [-0.2, -0.15) is 9.36 Å². The van der Waals surface area contributed by atoms with Crippen molar-refractivity contribution in [2.75, 3.05) is 5.32 Å². The van der Waals surface area contributed by atoms with E-state index in [2.05, 4.69) is 48.5 Å². The fourth-order valence-electron chi connectivity index (χ4n) is 2.76. The molecule has 0 unspecified atom stereocenters. The normalized spacial score (nSPS) is 10.8. The van der Waals surface area contributed by atoms with Crippen molar-refractivity contribution in [2.24, 2.45) is 0 Å². The van der Waals surface area contributed by atoms with Crippen LogP contribution in [0.2, 0.25) is 0 Å². The molecule has 0 bridgehead atoms. The number of hydrogen-bond donors (Lipinski definition) is 1. The summed E-state index contributed by atoms with van der Waals surface area (Å²) in [6, 6.07) is 20.5. The molecule has 2 heterocycles. The second-order valence-corrected chi connectivity index (χ2v) is 6.67. The Bertz CT molecular complexity index is 947. The summed E-state index contributed by atoms with van der Waals surface area (Å²) in [5, 5.41) is 4.14. The molecule has 4 rings (SSSR count). The molecule has 0 aliphatic heterocycles. The molecule has 0 saturated carbocycles. The summed E-state index contributed by atoms with van der Waals surface area (Å²) in [6.07, 6.45) is 4.86. The molecule has 0 atom stereocenters. The molecule has 2 aromatic carbocycles. The van der Waals surface area contributed by atoms with Gasteiger partial charge in [-0.05, 0) is 12.0 Å². The third-order valence-corrected chi connectivity index (χ3v) is 4.81. The Morgan fingerprint density at radius 1 is 0.962 bits per heavy atom. The molecule has 6 heteroatoms. The van der Waals surface area contributed by atoms with Crippen molar-refractivity contribution in [3.8, 4) is 11.4 Å². The number of rotatable bonds is 7. The summed E-state index contributed by atoms with van der Waals surface area (Å²) >= 11 is 1.37. The summed E-state index contributed by atoms with van der Waals surface area (Å²) in [4.78, 5) is 9.03. The zero-order chi connectivity index (χ0) is 17.6. The fraction of sp³-hybridized carbons (Fsp3) is 0.150. The highest BCUT2D eigenvalue weighted by atomic mass is 32.1. The molecule has 1 N–H and O–H groups in total. The maximum Gasteiger partial charge on any atom is 0.203 e. The van der Waals surface area contributed by atoms with Gasteiger partial charge in [-0.3, -0.25) is 0 Å². The van der Waals surface area contributed by atoms with Crippen molar-refractivity contribution in [3.05, 3.63) is 84.4 Å². The first-order valence-electron chi connectivity index (χ1n) is 8.55. The van der Waals surface area contributed by atoms with Gasteiger partial charge in [-0.15, -0.1) is 0 Å². The molecule has 0 aliphatic rings. The fourth-order valence-corrected chi connectivity index (χ4v) is 3.34. The molecule has 0 amide bonds. The zero-order valence-electron chi connectivity index (χ0n) is 14.2. The molecule has 5 nitrogen and oxygen atoms in total. The summed E-state index contributed by atoms with van der Waals surface area (Å²) in [6.45, 7) is 1.54. The average molecular weight is 361 g/mol. The molecule has 0 aliphatic carbocycles. The van der Waals surface area contributed by atoms with Crippen LogP contribution in [0.3, 0.4) is 0 Å². The van der Waals surface area contributed by atoms with Crippen LogP contribution in [-0.2, 0) is 19.5 Å². The summed E-state index contributed by atoms with van der Waals surface area (Å²) in [7, 11) is 0. The molecule has 130 valence electrons. The number of benzene rings is 2. The lowest BCUT2D eigenvalue weighted by atomic mass is 10.1. The first kappa shape index (κ1) is 16.5. The highest BCUT2D eigenvalue weighted by molar-refractivity contribution is 7.09. The van der Waals surface area contributed by atoms with Gasteiger partial charge >= 0.3 is 0 Å². The Labute approximate surface area is 156 Å². The van der Waals surface area contributed by atoms with Gasteiger partial charge in [0.15, 0.2) is 5.82 Å². The van der Waals surface area contributed by atoms with Gasteiger partial charge in [0.1, 0.15) is 5.82 Å². The number of nitrogens with one attached hydrogen (secondary N) is 1. The zero-order valence-corrected chi connectivity index (χ0v) is 15.1. The quantitative estimate of drug-likeness (QED) is 0.534. The van der Waals surface area contributed by atoms with E-state index in [1.807, 2.05) is 48.8 Å². The molecule has 0 fully saturated rings. The number of nitrogens with zero attached hydrogens (tertiary/aromatic N) is 4. The van der Waals surface area contributed by atoms with Gasteiger partial charge in [0.25, 0.3) is 0 Å². The van der Waals surface area contributed by atoms with E-state index in [1.165, 1.54) is 17.1 Å². The topological polar surface area (TPSA) is 55.6 Å². The monoisotopic (exact) mass is 361 g/mol. The summed E-state index contributed by atoms with van der Waals surface area (Å²) < 4.78 is 6.61. The molecule has 0 radical (unpaired) electrons. The van der Waals surface area contributed by atoms with Crippen LogP contribution in [0.5, 0.6) is 0 Å². The van der Waals surface area contributed by atoms with Gasteiger partial charge in [0.2, 0.25) is 5.13 Å². The second kappa shape index (κ2) is 7.93. The van der Waals surface area contributed by atoms with Crippen LogP contribution in [0.25, 0.3) is 11.4 Å². The van der Waals surface area contributed by atoms with Crippen molar-refractivity contribution in [1.82, 2.24) is 18.9 Å². The van der Waals surface area contributed by atoms with Crippen LogP contribution in [0.1, 0.15) is 11.4 Å². The average Bonchev–Trinajstić information content (AvgIpc) is 3.35. The smallest absolute Gasteiger partial charge is 0.203 e. The van der Waals surface area contributed by atoms with Gasteiger partial charge in [0.05, 0.1) is 6.54 Å². The van der Waals surface area contributed by atoms with E-state index < -0.39 is 0 Å². The highest BCUT2D eigenvalue weighted by Crippen LogP contribution is 2.21. The van der Waals surface area contributed by atoms with Crippen LogP contribution >= 0.6 is 11.5 Å². The van der Waals surface area contributed by atoms with Gasteiger partial charge in [-0.1, -0.05) is 60.7 Å². The third-order valence-electron chi connectivity index (χ3n) is 4.14. The van der Waals surface area contributed by atoms with E-state index >= 15 is 0 Å². The van der Waals surface area contributed by atoms with E-state index in [0.717, 1.165) is 35.3 Å². The molecule has 0 saturated heterocycles. The van der Waals surface area contributed by atoms with Gasteiger partial charge in [0, 0.05) is 36.0 Å². The minimum atomic E-state index is 0.630. The SMILES string of the molecule is c1ccc(CCn2ccnc2CNc2nc(-c3ccccc3)ns2)cc1. The first-order chi connectivity index (χ1) is 12.9. The van der Waals surface area contributed by atoms with E-state index in [4.69, 9.17) is 0 Å². The highest BCUT2D eigenvalue weighted by Gasteiger charge is 2.08. The molecule has 0 spiro atoms. The number of anilines is 1. The van der Waals surface area contributed by atoms with Crippen molar-refractivity contribution in [2.45, 2.75) is 19.5 Å². The Morgan fingerprint density at radius 3 is 2.54 bits per heavy atom. The number of aryl methyl sites for hydroxylation is 2. The first-order valence-corrected chi connectivity index (χ1v) is 9.33. The molecular formula is C20H19N5S. The Balaban J connectivity index is 1.37. The molecule has 4 aromatic rings. The third kappa shape index (κ3) is 3.97. The van der Waals surface area contributed by atoms with E-state index in [1.54, 1.807) is 0 Å². The second-order valence-electron chi connectivity index (χ2n) is 5.92. The van der Waals surface area contributed by atoms with Crippen LogP contribution in [-0.4, -0.2) is 18.9 Å². The predicted molar refractivity (Wildman–Crippen MR) is 105 cm³/mol. The number of imidazole rings is 1.